The standard InChI is InChI=1S/C13H21F2NS/c1-2-3-4-5-6-12-7-11(10-17-12)8-16-9-13(14)15/h7,10,13,16H,2-6,8-9H2,1H3. The van der Waals surface area contributed by atoms with Crippen LogP contribution in [0.4, 0.5) is 8.78 Å². The highest BCUT2D eigenvalue weighted by Gasteiger charge is 2.03. The summed E-state index contributed by atoms with van der Waals surface area (Å²) in [6, 6.07) is 2.13. The molecule has 1 aromatic rings. The van der Waals surface area contributed by atoms with Crippen LogP contribution in [-0.2, 0) is 13.0 Å². The molecule has 0 radical (unpaired) electrons. The summed E-state index contributed by atoms with van der Waals surface area (Å²) < 4.78 is 23.8. The second-order valence-corrected chi connectivity index (χ2v) is 5.25. The van der Waals surface area contributed by atoms with E-state index >= 15 is 0 Å². The Morgan fingerprint density at radius 3 is 2.82 bits per heavy atom. The molecule has 0 atom stereocenters. The van der Waals surface area contributed by atoms with Crippen LogP contribution in [0.5, 0.6) is 0 Å². The first-order chi connectivity index (χ1) is 8.22. The van der Waals surface area contributed by atoms with Crippen molar-refractivity contribution in [3.63, 3.8) is 0 Å². The summed E-state index contributed by atoms with van der Waals surface area (Å²) in [4.78, 5) is 1.37. The number of unbranched alkanes of at least 4 members (excludes halogenated alkanes) is 3. The molecule has 0 aromatic carbocycles. The van der Waals surface area contributed by atoms with Gasteiger partial charge in [-0.25, -0.2) is 8.78 Å². The molecule has 0 unspecified atom stereocenters. The van der Waals surface area contributed by atoms with Crippen molar-refractivity contribution in [2.75, 3.05) is 6.54 Å². The highest BCUT2D eigenvalue weighted by Crippen LogP contribution is 2.17. The lowest BCUT2D eigenvalue weighted by Gasteiger charge is -2.01. The molecule has 0 fully saturated rings. The minimum absolute atomic E-state index is 0.221. The number of nitrogens with one attached hydrogen (secondary N) is 1. The summed E-state index contributed by atoms with van der Waals surface area (Å²) in [6.45, 7) is 2.54. The van der Waals surface area contributed by atoms with Gasteiger partial charge < -0.3 is 5.32 Å². The molecule has 0 saturated heterocycles. The first kappa shape index (κ1) is 14.6. The second kappa shape index (κ2) is 8.59. The van der Waals surface area contributed by atoms with Crippen LogP contribution in [-0.4, -0.2) is 13.0 Å². The normalized spacial score (nSPS) is 11.3. The van der Waals surface area contributed by atoms with E-state index in [1.165, 1.54) is 30.6 Å². The minimum Gasteiger partial charge on any atom is -0.307 e. The van der Waals surface area contributed by atoms with E-state index in [-0.39, 0.29) is 6.54 Å². The number of rotatable bonds is 9. The van der Waals surface area contributed by atoms with Gasteiger partial charge in [0.05, 0.1) is 6.54 Å². The maximum Gasteiger partial charge on any atom is 0.250 e. The second-order valence-electron chi connectivity index (χ2n) is 4.25. The predicted octanol–water partition coefficient (Wildman–Crippen LogP) is 4.23. The zero-order valence-electron chi connectivity index (χ0n) is 10.3. The van der Waals surface area contributed by atoms with Gasteiger partial charge in [0.15, 0.2) is 0 Å². The van der Waals surface area contributed by atoms with Gasteiger partial charge in [0.25, 0.3) is 6.43 Å². The van der Waals surface area contributed by atoms with Crippen LogP contribution in [0.25, 0.3) is 0 Å². The van der Waals surface area contributed by atoms with E-state index in [1.807, 2.05) is 0 Å². The van der Waals surface area contributed by atoms with E-state index < -0.39 is 6.43 Å². The molecule has 0 aliphatic heterocycles. The van der Waals surface area contributed by atoms with E-state index in [0.29, 0.717) is 6.54 Å². The van der Waals surface area contributed by atoms with Gasteiger partial charge in [0, 0.05) is 11.4 Å². The van der Waals surface area contributed by atoms with Gasteiger partial charge >= 0.3 is 0 Å². The fourth-order valence-electron chi connectivity index (χ4n) is 1.70. The molecule has 1 heterocycles. The van der Waals surface area contributed by atoms with Crippen LogP contribution in [0.2, 0.25) is 0 Å². The Morgan fingerprint density at radius 2 is 2.12 bits per heavy atom. The van der Waals surface area contributed by atoms with Crippen molar-refractivity contribution >= 4 is 11.3 Å². The summed E-state index contributed by atoms with van der Waals surface area (Å²) in [5.74, 6) is 0. The van der Waals surface area contributed by atoms with E-state index in [2.05, 4.69) is 23.7 Å². The lowest BCUT2D eigenvalue weighted by Crippen LogP contribution is -2.20. The Hall–Kier alpha value is -0.480. The Bertz CT molecular complexity index is 299. The van der Waals surface area contributed by atoms with Crippen LogP contribution >= 0.6 is 11.3 Å². The molecule has 0 spiro atoms. The zero-order valence-corrected chi connectivity index (χ0v) is 11.2. The zero-order chi connectivity index (χ0) is 12.5. The van der Waals surface area contributed by atoms with Crippen LogP contribution in [0.1, 0.15) is 43.0 Å². The van der Waals surface area contributed by atoms with E-state index in [1.54, 1.807) is 11.3 Å². The third-order valence-electron chi connectivity index (χ3n) is 2.61. The fraction of sp³-hybridized carbons (Fsp3) is 0.692. The Morgan fingerprint density at radius 1 is 1.29 bits per heavy atom. The molecular formula is C13H21F2NS. The molecule has 0 amide bonds. The van der Waals surface area contributed by atoms with Gasteiger partial charge in [0.1, 0.15) is 0 Å². The Balaban J connectivity index is 2.18. The molecule has 1 N–H and O–H groups in total. The molecule has 4 heteroatoms. The van der Waals surface area contributed by atoms with E-state index in [4.69, 9.17) is 0 Å². The molecule has 1 rings (SSSR count). The molecule has 17 heavy (non-hydrogen) atoms. The number of halogens is 2. The van der Waals surface area contributed by atoms with Gasteiger partial charge in [-0.1, -0.05) is 26.2 Å². The summed E-state index contributed by atoms with van der Waals surface area (Å²) in [5.41, 5.74) is 1.13. The van der Waals surface area contributed by atoms with Crippen molar-refractivity contribution in [3.05, 3.63) is 21.9 Å². The topological polar surface area (TPSA) is 12.0 Å². The van der Waals surface area contributed by atoms with Crippen molar-refractivity contribution in [2.24, 2.45) is 0 Å². The highest BCUT2D eigenvalue weighted by molar-refractivity contribution is 7.10. The van der Waals surface area contributed by atoms with Crippen molar-refractivity contribution in [3.8, 4) is 0 Å². The third kappa shape index (κ3) is 6.74. The number of alkyl halides is 2. The maximum atomic E-state index is 11.9. The molecule has 1 aromatic heterocycles. The quantitative estimate of drug-likeness (QED) is 0.656. The van der Waals surface area contributed by atoms with Crippen molar-refractivity contribution in [2.45, 2.75) is 52.0 Å². The first-order valence-corrected chi connectivity index (χ1v) is 7.15. The van der Waals surface area contributed by atoms with Crippen LogP contribution < -0.4 is 5.32 Å². The Labute approximate surface area is 106 Å². The SMILES string of the molecule is CCCCCCc1cc(CNCC(F)F)cs1. The van der Waals surface area contributed by atoms with Crippen LogP contribution in [0.15, 0.2) is 11.4 Å². The summed E-state index contributed by atoms with van der Waals surface area (Å²) in [7, 11) is 0. The van der Waals surface area contributed by atoms with Crippen molar-refractivity contribution in [1.82, 2.24) is 5.32 Å². The third-order valence-corrected chi connectivity index (χ3v) is 3.66. The minimum atomic E-state index is -2.26. The molecule has 1 nitrogen and oxygen atoms in total. The first-order valence-electron chi connectivity index (χ1n) is 6.27. The summed E-state index contributed by atoms with van der Waals surface area (Å²) in [6.07, 6.45) is 3.94. The van der Waals surface area contributed by atoms with Crippen molar-refractivity contribution < 1.29 is 8.78 Å². The van der Waals surface area contributed by atoms with Gasteiger partial charge in [-0.05, 0) is 29.9 Å². The molecule has 98 valence electrons. The number of aryl methyl sites for hydroxylation is 1. The van der Waals surface area contributed by atoms with Gasteiger partial charge in [-0.3, -0.25) is 0 Å². The smallest absolute Gasteiger partial charge is 0.250 e. The molecule has 0 aliphatic carbocycles. The largest absolute Gasteiger partial charge is 0.307 e. The molecule has 0 saturated carbocycles. The fourth-order valence-corrected chi connectivity index (χ4v) is 2.64. The lowest BCUT2D eigenvalue weighted by atomic mass is 10.1. The lowest BCUT2D eigenvalue weighted by molar-refractivity contribution is 0.145. The Kier molecular flexibility index (Phi) is 7.37. The van der Waals surface area contributed by atoms with Crippen LogP contribution in [0, 0.1) is 0 Å². The van der Waals surface area contributed by atoms with Crippen LogP contribution in [0.3, 0.4) is 0 Å². The average Bonchev–Trinajstić information content (AvgIpc) is 2.72. The van der Waals surface area contributed by atoms with E-state index in [0.717, 1.165) is 12.0 Å². The number of hydrogen-bond donors (Lipinski definition) is 1. The molecule has 0 aliphatic rings. The number of thiophene rings is 1. The predicted molar refractivity (Wildman–Crippen MR) is 69.9 cm³/mol. The number of hydrogen-bond acceptors (Lipinski definition) is 2. The van der Waals surface area contributed by atoms with Crippen molar-refractivity contribution in [1.29, 1.82) is 0 Å². The van der Waals surface area contributed by atoms with Gasteiger partial charge in [-0.15, -0.1) is 11.3 Å². The highest BCUT2D eigenvalue weighted by atomic mass is 32.1. The molecular weight excluding hydrogens is 240 g/mol. The average molecular weight is 261 g/mol. The van der Waals surface area contributed by atoms with E-state index in [9.17, 15) is 8.78 Å². The monoisotopic (exact) mass is 261 g/mol. The van der Waals surface area contributed by atoms with Gasteiger partial charge in [-0.2, -0.15) is 0 Å². The maximum absolute atomic E-state index is 11.9. The molecule has 0 bridgehead atoms. The summed E-state index contributed by atoms with van der Waals surface area (Å²) >= 11 is 1.74. The van der Waals surface area contributed by atoms with Gasteiger partial charge in [0.2, 0.25) is 0 Å². The summed E-state index contributed by atoms with van der Waals surface area (Å²) in [5, 5.41) is 4.81.